The van der Waals surface area contributed by atoms with Crippen LogP contribution >= 0.6 is 0 Å². The van der Waals surface area contributed by atoms with Gasteiger partial charge in [0.25, 0.3) is 0 Å². The number of benzene rings is 1. The van der Waals surface area contributed by atoms with Crippen molar-refractivity contribution in [2.75, 3.05) is 6.54 Å². The molecule has 3 heteroatoms. The van der Waals surface area contributed by atoms with Gasteiger partial charge in [0.2, 0.25) is 0 Å². The van der Waals surface area contributed by atoms with Crippen LogP contribution < -0.4 is 11.3 Å². The molecular formula is C10H12N2O. The van der Waals surface area contributed by atoms with E-state index in [0.29, 0.717) is 0 Å². The van der Waals surface area contributed by atoms with Gasteiger partial charge in [0.15, 0.2) is 0 Å². The van der Waals surface area contributed by atoms with Gasteiger partial charge in [-0.25, -0.2) is 0 Å². The lowest BCUT2D eigenvalue weighted by atomic mass is 10.1. The second-order valence-corrected chi connectivity index (χ2v) is 2.96. The number of rotatable bonds is 3. The van der Waals surface area contributed by atoms with Crippen LogP contribution in [0.25, 0.3) is 11.0 Å². The highest BCUT2D eigenvalue weighted by Gasteiger charge is 2.03. The first-order valence-corrected chi connectivity index (χ1v) is 4.30. The SMILES string of the molecule is NNCCc1coc2ccccc12. The molecule has 0 unspecified atom stereocenters. The van der Waals surface area contributed by atoms with E-state index in [0.717, 1.165) is 18.5 Å². The average molecular weight is 176 g/mol. The van der Waals surface area contributed by atoms with Gasteiger partial charge in [-0.3, -0.25) is 11.3 Å². The summed E-state index contributed by atoms with van der Waals surface area (Å²) in [6, 6.07) is 8.01. The van der Waals surface area contributed by atoms with E-state index in [1.54, 1.807) is 6.26 Å². The Balaban J connectivity index is 2.35. The van der Waals surface area contributed by atoms with E-state index < -0.39 is 0 Å². The second kappa shape index (κ2) is 3.60. The molecule has 0 aliphatic rings. The Labute approximate surface area is 76.5 Å². The largest absolute Gasteiger partial charge is 0.464 e. The van der Waals surface area contributed by atoms with E-state index in [1.165, 1.54) is 10.9 Å². The monoisotopic (exact) mass is 176 g/mol. The van der Waals surface area contributed by atoms with E-state index in [2.05, 4.69) is 11.5 Å². The molecule has 1 aromatic heterocycles. The maximum atomic E-state index is 5.38. The molecule has 0 spiro atoms. The smallest absolute Gasteiger partial charge is 0.134 e. The molecule has 0 saturated carbocycles. The summed E-state index contributed by atoms with van der Waals surface area (Å²) in [7, 11) is 0. The number of furan rings is 1. The number of hydrazine groups is 1. The van der Waals surface area contributed by atoms with Gasteiger partial charge < -0.3 is 4.42 Å². The van der Waals surface area contributed by atoms with Crippen LogP contribution in [0.1, 0.15) is 5.56 Å². The third-order valence-electron chi connectivity index (χ3n) is 2.10. The van der Waals surface area contributed by atoms with Gasteiger partial charge in [-0.15, -0.1) is 0 Å². The van der Waals surface area contributed by atoms with Crippen molar-refractivity contribution in [1.82, 2.24) is 5.43 Å². The van der Waals surface area contributed by atoms with Gasteiger partial charge in [0.1, 0.15) is 5.58 Å². The molecule has 2 aromatic rings. The number of nitrogens with one attached hydrogen (secondary N) is 1. The van der Waals surface area contributed by atoms with Crippen LogP contribution in [0.4, 0.5) is 0 Å². The maximum Gasteiger partial charge on any atom is 0.134 e. The zero-order chi connectivity index (χ0) is 9.10. The summed E-state index contributed by atoms with van der Waals surface area (Å²) < 4.78 is 5.38. The van der Waals surface area contributed by atoms with E-state index in [4.69, 9.17) is 10.3 Å². The van der Waals surface area contributed by atoms with Crippen molar-refractivity contribution in [1.29, 1.82) is 0 Å². The molecule has 0 atom stereocenters. The molecule has 3 N–H and O–H groups in total. The number of nitrogens with two attached hydrogens (primary N) is 1. The van der Waals surface area contributed by atoms with Gasteiger partial charge in [0.05, 0.1) is 6.26 Å². The Hall–Kier alpha value is -1.32. The summed E-state index contributed by atoms with van der Waals surface area (Å²) in [5.41, 5.74) is 4.77. The van der Waals surface area contributed by atoms with Gasteiger partial charge in [-0.05, 0) is 18.1 Å². The molecule has 0 aliphatic carbocycles. The van der Waals surface area contributed by atoms with Crippen LogP contribution in [0, 0.1) is 0 Å². The zero-order valence-corrected chi connectivity index (χ0v) is 7.29. The Kier molecular flexibility index (Phi) is 2.29. The number of fused-ring (bicyclic) bond motifs is 1. The predicted octanol–water partition coefficient (Wildman–Crippen LogP) is 1.44. The molecule has 0 bridgehead atoms. The third kappa shape index (κ3) is 1.56. The number of hydrogen-bond donors (Lipinski definition) is 2. The molecule has 0 aliphatic heterocycles. The maximum absolute atomic E-state index is 5.38. The summed E-state index contributed by atoms with van der Waals surface area (Å²) >= 11 is 0. The van der Waals surface area contributed by atoms with Crippen molar-refractivity contribution in [3.05, 3.63) is 36.1 Å². The fourth-order valence-electron chi connectivity index (χ4n) is 1.43. The lowest BCUT2D eigenvalue weighted by molar-refractivity contribution is 0.607. The molecular weight excluding hydrogens is 164 g/mol. The molecule has 3 nitrogen and oxygen atoms in total. The Bertz CT molecular complexity index is 394. The summed E-state index contributed by atoms with van der Waals surface area (Å²) in [5.74, 6) is 5.21. The minimum atomic E-state index is 0.767. The van der Waals surface area contributed by atoms with Crippen LogP contribution in [0.2, 0.25) is 0 Å². The van der Waals surface area contributed by atoms with Crippen LogP contribution in [-0.2, 0) is 6.42 Å². The Morgan fingerprint density at radius 1 is 1.31 bits per heavy atom. The first kappa shape index (κ1) is 8.29. The van der Waals surface area contributed by atoms with Crippen LogP contribution in [0.15, 0.2) is 34.9 Å². The van der Waals surface area contributed by atoms with Gasteiger partial charge >= 0.3 is 0 Å². The summed E-state index contributed by atoms with van der Waals surface area (Å²) in [5, 5.41) is 1.18. The first-order valence-electron chi connectivity index (χ1n) is 4.30. The molecule has 0 radical (unpaired) electrons. The van der Waals surface area contributed by atoms with E-state index >= 15 is 0 Å². The summed E-state index contributed by atoms with van der Waals surface area (Å²) in [6.07, 6.45) is 2.69. The normalized spacial score (nSPS) is 10.8. The van der Waals surface area contributed by atoms with E-state index in [1.807, 2.05) is 18.2 Å². The first-order chi connectivity index (χ1) is 6.42. The summed E-state index contributed by atoms with van der Waals surface area (Å²) in [6.45, 7) is 0.767. The van der Waals surface area contributed by atoms with E-state index in [9.17, 15) is 0 Å². The second-order valence-electron chi connectivity index (χ2n) is 2.96. The lowest BCUT2D eigenvalue weighted by Crippen LogP contribution is -2.24. The lowest BCUT2D eigenvalue weighted by Gasteiger charge is -1.95. The number of para-hydroxylation sites is 1. The van der Waals surface area contributed by atoms with Crippen molar-refractivity contribution in [3.63, 3.8) is 0 Å². The average Bonchev–Trinajstić information content (AvgIpc) is 2.58. The molecule has 0 amide bonds. The Morgan fingerprint density at radius 3 is 3.00 bits per heavy atom. The quantitative estimate of drug-likeness (QED) is 0.549. The van der Waals surface area contributed by atoms with Gasteiger partial charge in [-0.1, -0.05) is 18.2 Å². The van der Waals surface area contributed by atoms with Crippen molar-refractivity contribution < 1.29 is 4.42 Å². The Morgan fingerprint density at radius 2 is 2.15 bits per heavy atom. The molecule has 1 heterocycles. The molecule has 2 rings (SSSR count). The van der Waals surface area contributed by atoms with E-state index in [-0.39, 0.29) is 0 Å². The minimum absolute atomic E-state index is 0.767. The standard InChI is InChI=1S/C10H12N2O/c11-12-6-5-8-7-13-10-4-2-1-3-9(8)10/h1-4,7,12H,5-6,11H2. The van der Waals surface area contributed by atoms with Crippen molar-refractivity contribution in [2.24, 2.45) is 5.84 Å². The molecule has 0 fully saturated rings. The highest BCUT2D eigenvalue weighted by molar-refractivity contribution is 5.80. The van der Waals surface area contributed by atoms with Crippen LogP contribution in [0.3, 0.4) is 0 Å². The zero-order valence-electron chi connectivity index (χ0n) is 7.29. The van der Waals surface area contributed by atoms with Crippen molar-refractivity contribution >= 4 is 11.0 Å². The molecule has 68 valence electrons. The molecule has 13 heavy (non-hydrogen) atoms. The summed E-state index contributed by atoms with van der Waals surface area (Å²) in [4.78, 5) is 0. The van der Waals surface area contributed by atoms with Gasteiger partial charge in [-0.2, -0.15) is 0 Å². The fourth-order valence-corrected chi connectivity index (χ4v) is 1.43. The molecule has 1 aromatic carbocycles. The van der Waals surface area contributed by atoms with Crippen molar-refractivity contribution in [2.45, 2.75) is 6.42 Å². The van der Waals surface area contributed by atoms with Crippen molar-refractivity contribution in [3.8, 4) is 0 Å². The highest BCUT2D eigenvalue weighted by Crippen LogP contribution is 2.20. The topological polar surface area (TPSA) is 51.2 Å². The third-order valence-corrected chi connectivity index (χ3v) is 2.10. The minimum Gasteiger partial charge on any atom is -0.464 e. The number of hydrogen-bond acceptors (Lipinski definition) is 3. The van der Waals surface area contributed by atoms with Crippen LogP contribution in [0.5, 0.6) is 0 Å². The van der Waals surface area contributed by atoms with Crippen LogP contribution in [-0.4, -0.2) is 6.54 Å². The van der Waals surface area contributed by atoms with Gasteiger partial charge in [0, 0.05) is 11.9 Å². The predicted molar refractivity (Wildman–Crippen MR) is 52.1 cm³/mol. The fraction of sp³-hybridized carbons (Fsp3) is 0.200. The molecule has 0 saturated heterocycles. The highest BCUT2D eigenvalue weighted by atomic mass is 16.3.